The van der Waals surface area contributed by atoms with Crippen molar-refractivity contribution in [2.24, 2.45) is 0 Å². The van der Waals surface area contributed by atoms with Crippen LogP contribution >= 0.6 is 23.8 Å². The fourth-order valence-corrected chi connectivity index (χ4v) is 2.66. The van der Waals surface area contributed by atoms with Gasteiger partial charge in [0.15, 0.2) is 5.11 Å². The van der Waals surface area contributed by atoms with Gasteiger partial charge in [-0.1, -0.05) is 35.0 Å². The molecule has 0 unspecified atom stereocenters. The Morgan fingerprint density at radius 3 is 2.85 bits per heavy atom. The molecule has 1 aromatic heterocycles. The predicted molar refractivity (Wildman–Crippen MR) is 106 cm³/mol. The molecule has 0 aliphatic heterocycles. The van der Waals surface area contributed by atoms with Crippen LogP contribution < -0.4 is 10.6 Å². The van der Waals surface area contributed by atoms with E-state index in [0.717, 1.165) is 0 Å². The first-order chi connectivity index (χ1) is 13.1. The molecule has 0 aliphatic carbocycles. The third kappa shape index (κ3) is 4.81. The average molecular weight is 403 g/mol. The molecule has 0 saturated heterocycles. The van der Waals surface area contributed by atoms with Crippen molar-refractivity contribution in [3.63, 3.8) is 0 Å². The fourth-order valence-electron chi connectivity index (χ4n) is 2.25. The highest BCUT2D eigenvalue weighted by atomic mass is 35.5. The number of thiocarbonyl (C=S) groups is 1. The van der Waals surface area contributed by atoms with Crippen LogP contribution in [0, 0.1) is 0 Å². The minimum atomic E-state index is -0.421. The SMILES string of the molecule is COC(=O)c1cccc(NC(=S)NCc2nc(-c3ccccc3Cl)no2)c1. The van der Waals surface area contributed by atoms with Crippen molar-refractivity contribution in [1.29, 1.82) is 0 Å². The standard InChI is InChI=1S/C18H15ClN4O3S/c1-25-17(24)11-5-4-6-12(9-11)21-18(27)20-10-15-22-16(23-26-15)13-7-2-3-8-14(13)19/h2-9H,10H2,1H3,(H2,20,21,27). The molecular weight excluding hydrogens is 388 g/mol. The normalized spacial score (nSPS) is 10.3. The smallest absolute Gasteiger partial charge is 0.337 e. The average Bonchev–Trinajstić information content (AvgIpc) is 3.15. The Bertz CT molecular complexity index is 977. The molecule has 3 rings (SSSR count). The van der Waals surface area contributed by atoms with E-state index in [2.05, 4.69) is 20.8 Å². The molecule has 0 amide bonds. The Hall–Kier alpha value is -2.97. The van der Waals surface area contributed by atoms with Gasteiger partial charge in [0.1, 0.15) is 0 Å². The maximum Gasteiger partial charge on any atom is 0.337 e. The molecule has 3 aromatic rings. The zero-order chi connectivity index (χ0) is 19.2. The number of hydrogen-bond donors (Lipinski definition) is 2. The molecule has 2 N–H and O–H groups in total. The minimum Gasteiger partial charge on any atom is -0.465 e. The van der Waals surface area contributed by atoms with Crippen molar-refractivity contribution in [3.05, 3.63) is 65.0 Å². The zero-order valence-electron chi connectivity index (χ0n) is 14.2. The van der Waals surface area contributed by atoms with E-state index >= 15 is 0 Å². The third-order valence-corrected chi connectivity index (χ3v) is 4.10. The summed E-state index contributed by atoms with van der Waals surface area (Å²) in [6.07, 6.45) is 0. The van der Waals surface area contributed by atoms with E-state index in [0.29, 0.717) is 38.7 Å². The topological polar surface area (TPSA) is 89.3 Å². The lowest BCUT2D eigenvalue weighted by Gasteiger charge is -2.09. The third-order valence-electron chi connectivity index (χ3n) is 3.52. The van der Waals surface area contributed by atoms with E-state index in [9.17, 15) is 4.79 Å². The van der Waals surface area contributed by atoms with Crippen LogP contribution in [0.1, 0.15) is 16.2 Å². The number of carbonyl (C=O) groups is 1. The van der Waals surface area contributed by atoms with E-state index in [4.69, 9.17) is 33.1 Å². The van der Waals surface area contributed by atoms with E-state index in [1.807, 2.05) is 18.2 Å². The van der Waals surface area contributed by atoms with Crippen LogP contribution in [0.2, 0.25) is 5.02 Å². The van der Waals surface area contributed by atoms with Crippen LogP contribution in [0.3, 0.4) is 0 Å². The van der Waals surface area contributed by atoms with Crippen molar-refractivity contribution in [1.82, 2.24) is 15.5 Å². The molecular formula is C18H15ClN4O3S. The molecule has 0 aliphatic rings. The molecule has 0 bridgehead atoms. The van der Waals surface area contributed by atoms with Crippen molar-refractivity contribution in [3.8, 4) is 11.4 Å². The van der Waals surface area contributed by atoms with Gasteiger partial charge in [-0.25, -0.2) is 4.79 Å². The van der Waals surface area contributed by atoms with Gasteiger partial charge in [0.05, 0.1) is 24.2 Å². The Kier molecular flexibility index (Phi) is 6.00. The number of carbonyl (C=O) groups excluding carboxylic acids is 1. The summed E-state index contributed by atoms with van der Waals surface area (Å²) in [6.45, 7) is 0.236. The van der Waals surface area contributed by atoms with E-state index in [1.54, 1.807) is 30.3 Å². The summed E-state index contributed by atoms with van der Waals surface area (Å²) in [5.41, 5.74) is 1.76. The van der Waals surface area contributed by atoms with Gasteiger partial charge in [-0.2, -0.15) is 4.98 Å². The number of esters is 1. The largest absolute Gasteiger partial charge is 0.465 e. The molecule has 0 fully saturated rings. The van der Waals surface area contributed by atoms with Crippen LogP contribution in [0.5, 0.6) is 0 Å². The lowest BCUT2D eigenvalue weighted by molar-refractivity contribution is 0.0601. The monoisotopic (exact) mass is 402 g/mol. The second-order valence-corrected chi connectivity index (χ2v) is 6.19. The molecule has 1 heterocycles. The second-order valence-electron chi connectivity index (χ2n) is 5.37. The molecule has 0 radical (unpaired) electrons. The highest BCUT2D eigenvalue weighted by molar-refractivity contribution is 7.80. The van der Waals surface area contributed by atoms with Crippen molar-refractivity contribution < 1.29 is 14.1 Å². The lowest BCUT2D eigenvalue weighted by Crippen LogP contribution is -2.28. The Labute approximate surface area is 165 Å². The van der Waals surface area contributed by atoms with Crippen molar-refractivity contribution in [2.75, 3.05) is 12.4 Å². The molecule has 0 spiro atoms. The summed E-state index contributed by atoms with van der Waals surface area (Å²) in [6, 6.07) is 14.0. The number of rotatable bonds is 5. The van der Waals surface area contributed by atoms with Crippen LogP contribution in [0.15, 0.2) is 53.1 Å². The second kappa shape index (κ2) is 8.61. The Morgan fingerprint density at radius 2 is 2.07 bits per heavy atom. The number of benzene rings is 2. The molecule has 27 heavy (non-hydrogen) atoms. The summed E-state index contributed by atoms with van der Waals surface area (Å²) < 4.78 is 9.91. The van der Waals surface area contributed by atoms with Gasteiger partial charge in [-0.3, -0.25) is 0 Å². The summed E-state index contributed by atoms with van der Waals surface area (Å²) in [7, 11) is 1.33. The molecule has 9 heteroatoms. The summed E-state index contributed by atoms with van der Waals surface area (Å²) in [4.78, 5) is 15.9. The minimum absolute atomic E-state index is 0.236. The first kappa shape index (κ1) is 18.8. The number of hydrogen-bond acceptors (Lipinski definition) is 6. The Morgan fingerprint density at radius 1 is 1.26 bits per heavy atom. The first-order valence-corrected chi connectivity index (χ1v) is 8.66. The lowest BCUT2D eigenvalue weighted by atomic mass is 10.2. The predicted octanol–water partition coefficient (Wildman–Crippen LogP) is 3.66. The van der Waals surface area contributed by atoms with Crippen LogP contribution in [0.4, 0.5) is 5.69 Å². The first-order valence-electron chi connectivity index (χ1n) is 7.87. The highest BCUT2D eigenvalue weighted by Gasteiger charge is 2.12. The quantitative estimate of drug-likeness (QED) is 0.493. The van der Waals surface area contributed by atoms with Crippen LogP contribution in [0.25, 0.3) is 11.4 Å². The number of nitrogens with zero attached hydrogens (tertiary/aromatic N) is 2. The van der Waals surface area contributed by atoms with Crippen LogP contribution in [-0.2, 0) is 11.3 Å². The van der Waals surface area contributed by atoms with Gasteiger partial charge in [0, 0.05) is 11.3 Å². The number of aromatic nitrogens is 2. The van der Waals surface area contributed by atoms with Gasteiger partial charge in [-0.05, 0) is 42.5 Å². The summed E-state index contributed by atoms with van der Waals surface area (Å²) in [5, 5.41) is 10.8. The molecule has 0 atom stereocenters. The van der Waals surface area contributed by atoms with Gasteiger partial charge in [0.2, 0.25) is 11.7 Å². The number of anilines is 1. The molecule has 7 nitrogen and oxygen atoms in total. The molecule has 138 valence electrons. The summed E-state index contributed by atoms with van der Waals surface area (Å²) >= 11 is 11.4. The van der Waals surface area contributed by atoms with Crippen LogP contribution in [-0.4, -0.2) is 28.3 Å². The fraction of sp³-hybridized carbons (Fsp3) is 0.111. The number of ether oxygens (including phenoxy) is 1. The maximum absolute atomic E-state index is 11.6. The summed E-state index contributed by atoms with van der Waals surface area (Å²) in [5.74, 6) is 0.343. The molecule has 0 saturated carbocycles. The number of nitrogens with one attached hydrogen (secondary N) is 2. The Balaban J connectivity index is 1.59. The van der Waals surface area contributed by atoms with Crippen molar-refractivity contribution >= 4 is 40.6 Å². The van der Waals surface area contributed by atoms with Gasteiger partial charge >= 0.3 is 5.97 Å². The number of halogens is 1. The van der Waals surface area contributed by atoms with Gasteiger partial charge in [-0.15, -0.1) is 0 Å². The zero-order valence-corrected chi connectivity index (χ0v) is 15.8. The molecule has 2 aromatic carbocycles. The van der Waals surface area contributed by atoms with E-state index in [1.165, 1.54) is 7.11 Å². The maximum atomic E-state index is 11.6. The van der Waals surface area contributed by atoms with Crippen molar-refractivity contribution in [2.45, 2.75) is 6.54 Å². The van der Waals surface area contributed by atoms with E-state index in [-0.39, 0.29) is 6.54 Å². The van der Waals surface area contributed by atoms with E-state index < -0.39 is 5.97 Å². The van der Waals surface area contributed by atoms with Gasteiger partial charge in [0.25, 0.3) is 0 Å². The number of methoxy groups -OCH3 is 1. The van der Waals surface area contributed by atoms with Gasteiger partial charge < -0.3 is 19.9 Å². The highest BCUT2D eigenvalue weighted by Crippen LogP contribution is 2.24.